The van der Waals surface area contributed by atoms with Gasteiger partial charge in [0, 0.05) is 13.7 Å². The molecule has 1 N–H and O–H groups in total. The first kappa shape index (κ1) is 10.2. The minimum absolute atomic E-state index is 0.0596. The van der Waals surface area contributed by atoms with Gasteiger partial charge in [-0.2, -0.15) is 0 Å². The van der Waals surface area contributed by atoms with Crippen LogP contribution >= 0.6 is 0 Å². The molecule has 2 amide bonds. The van der Waals surface area contributed by atoms with Crippen LogP contribution in [-0.2, 0) is 9.47 Å². The van der Waals surface area contributed by atoms with E-state index in [4.69, 9.17) is 14.6 Å². The molecule has 1 aliphatic rings. The van der Waals surface area contributed by atoms with Gasteiger partial charge in [-0.05, 0) is 0 Å². The minimum atomic E-state index is -0.165. The highest BCUT2D eigenvalue weighted by molar-refractivity contribution is 5.74. The molecular formula is C7H14N2O4. The molecule has 6 nitrogen and oxygen atoms in total. The molecule has 0 aromatic rings. The maximum absolute atomic E-state index is 11.5. The summed E-state index contributed by atoms with van der Waals surface area (Å²) in [5, 5.41) is 8.65. The van der Waals surface area contributed by atoms with E-state index >= 15 is 0 Å². The normalized spacial score (nSPS) is 18.2. The van der Waals surface area contributed by atoms with Gasteiger partial charge in [0.1, 0.15) is 20.2 Å². The number of amides is 2. The van der Waals surface area contributed by atoms with E-state index in [0.717, 1.165) is 0 Å². The average Bonchev–Trinajstić information content (AvgIpc) is 2.13. The molecule has 1 heterocycles. The van der Waals surface area contributed by atoms with Gasteiger partial charge in [0.2, 0.25) is 0 Å². The molecule has 0 unspecified atom stereocenters. The van der Waals surface area contributed by atoms with Crippen LogP contribution < -0.4 is 0 Å². The first-order chi connectivity index (χ1) is 6.29. The van der Waals surface area contributed by atoms with Crippen molar-refractivity contribution < 1.29 is 19.4 Å². The number of rotatable bonds is 4. The maximum atomic E-state index is 11.5. The van der Waals surface area contributed by atoms with Crippen molar-refractivity contribution in [2.75, 3.05) is 40.5 Å². The number of hydrogen-bond donors (Lipinski definition) is 1. The summed E-state index contributed by atoms with van der Waals surface area (Å²) < 4.78 is 9.92. The van der Waals surface area contributed by atoms with E-state index in [1.807, 2.05) is 0 Å². The van der Waals surface area contributed by atoms with Crippen LogP contribution in [0.4, 0.5) is 4.79 Å². The molecule has 1 saturated heterocycles. The fraction of sp³-hybridized carbons (Fsp3) is 0.857. The van der Waals surface area contributed by atoms with Crippen molar-refractivity contribution in [3.05, 3.63) is 0 Å². The maximum Gasteiger partial charge on any atom is 0.325 e. The lowest BCUT2D eigenvalue weighted by Crippen LogP contribution is -2.51. The molecule has 1 aliphatic heterocycles. The van der Waals surface area contributed by atoms with E-state index in [2.05, 4.69) is 0 Å². The molecule has 1 rings (SSSR count). The Hall–Kier alpha value is -0.850. The average molecular weight is 190 g/mol. The van der Waals surface area contributed by atoms with Crippen molar-refractivity contribution in [3.8, 4) is 0 Å². The Labute approximate surface area is 76.6 Å². The van der Waals surface area contributed by atoms with Crippen LogP contribution in [0.3, 0.4) is 0 Å². The summed E-state index contributed by atoms with van der Waals surface area (Å²) in [5.41, 5.74) is 0. The fourth-order valence-corrected chi connectivity index (χ4v) is 1.10. The van der Waals surface area contributed by atoms with E-state index in [-0.39, 0.29) is 32.8 Å². The summed E-state index contributed by atoms with van der Waals surface area (Å²) in [6.45, 7) is 0.921. The Morgan fingerprint density at radius 1 is 1.54 bits per heavy atom. The van der Waals surface area contributed by atoms with Crippen molar-refractivity contribution in [2.24, 2.45) is 0 Å². The highest BCUT2D eigenvalue weighted by atomic mass is 16.5. The van der Waals surface area contributed by atoms with Crippen LogP contribution in [0.1, 0.15) is 0 Å². The van der Waals surface area contributed by atoms with Crippen LogP contribution in [0, 0.1) is 0 Å². The second-order valence-electron chi connectivity index (χ2n) is 2.69. The molecule has 0 atom stereocenters. The van der Waals surface area contributed by atoms with Gasteiger partial charge in [-0.1, -0.05) is 0 Å². The van der Waals surface area contributed by atoms with Gasteiger partial charge in [-0.25, -0.2) is 4.79 Å². The van der Waals surface area contributed by atoms with Crippen molar-refractivity contribution >= 4 is 6.03 Å². The number of carbonyl (C=O) groups excluding carboxylic acids is 1. The Morgan fingerprint density at radius 3 is 2.85 bits per heavy atom. The van der Waals surface area contributed by atoms with Crippen LogP contribution in [0.5, 0.6) is 0 Å². The van der Waals surface area contributed by atoms with Gasteiger partial charge in [0.15, 0.2) is 0 Å². The molecule has 13 heavy (non-hydrogen) atoms. The van der Waals surface area contributed by atoms with Gasteiger partial charge < -0.3 is 14.6 Å². The Kier molecular flexibility index (Phi) is 3.94. The summed E-state index contributed by atoms with van der Waals surface area (Å²) in [4.78, 5) is 14.3. The highest BCUT2D eigenvalue weighted by Gasteiger charge is 2.24. The van der Waals surface area contributed by atoms with Gasteiger partial charge in [0.05, 0.1) is 6.61 Å². The van der Waals surface area contributed by atoms with Crippen molar-refractivity contribution in [1.29, 1.82) is 0 Å². The van der Waals surface area contributed by atoms with E-state index in [9.17, 15) is 4.79 Å². The Morgan fingerprint density at radius 2 is 2.23 bits per heavy atom. The van der Waals surface area contributed by atoms with Crippen LogP contribution in [0.25, 0.3) is 0 Å². The third kappa shape index (κ3) is 2.55. The molecular weight excluding hydrogens is 176 g/mol. The largest absolute Gasteiger partial charge is 0.395 e. The molecule has 0 aromatic heterocycles. The van der Waals surface area contributed by atoms with E-state index in [1.165, 1.54) is 16.9 Å². The molecule has 0 bridgehead atoms. The van der Waals surface area contributed by atoms with Gasteiger partial charge >= 0.3 is 6.03 Å². The molecule has 0 radical (unpaired) electrons. The second kappa shape index (κ2) is 5.00. The van der Waals surface area contributed by atoms with Gasteiger partial charge in [-0.3, -0.25) is 9.80 Å². The number of aliphatic hydroxyl groups excluding tert-OH is 1. The van der Waals surface area contributed by atoms with Crippen LogP contribution in [-0.4, -0.2) is 61.4 Å². The SMILES string of the molecule is COCN1COCN(CCO)C1=O. The molecule has 6 heteroatoms. The number of carbonyl (C=O) groups is 1. The lowest BCUT2D eigenvalue weighted by molar-refractivity contribution is -0.0828. The minimum Gasteiger partial charge on any atom is -0.395 e. The first-order valence-electron chi connectivity index (χ1n) is 4.01. The highest BCUT2D eigenvalue weighted by Crippen LogP contribution is 2.05. The number of β-amino-alcohol motifs (C(OH)–C–C–N with tert-alkyl or cyclic N) is 1. The molecule has 0 saturated carbocycles. The molecule has 1 fully saturated rings. The Bertz CT molecular complexity index is 156. The number of methoxy groups -OCH3 is 1. The smallest absolute Gasteiger partial charge is 0.325 e. The standard InChI is InChI=1S/C7H14N2O4/c1-12-4-9-6-13-5-8(2-3-10)7(9)11/h10H,2-6H2,1H3. The van der Waals surface area contributed by atoms with E-state index in [1.54, 1.807) is 0 Å². The summed E-state index contributed by atoms with van der Waals surface area (Å²) in [5.74, 6) is 0. The van der Waals surface area contributed by atoms with Crippen molar-refractivity contribution in [2.45, 2.75) is 0 Å². The second-order valence-corrected chi connectivity index (χ2v) is 2.69. The number of hydrogen-bond acceptors (Lipinski definition) is 4. The van der Waals surface area contributed by atoms with E-state index < -0.39 is 0 Å². The van der Waals surface area contributed by atoms with Crippen LogP contribution in [0.2, 0.25) is 0 Å². The number of urea groups is 1. The molecule has 0 spiro atoms. The monoisotopic (exact) mass is 190 g/mol. The third-order valence-corrected chi connectivity index (χ3v) is 1.69. The molecule has 0 aliphatic carbocycles. The summed E-state index contributed by atoms with van der Waals surface area (Å²) >= 11 is 0. The topological polar surface area (TPSA) is 62.2 Å². The lowest BCUT2D eigenvalue weighted by Gasteiger charge is -2.34. The third-order valence-electron chi connectivity index (χ3n) is 1.69. The number of aliphatic hydroxyl groups is 1. The zero-order valence-corrected chi connectivity index (χ0v) is 7.60. The number of nitrogens with zero attached hydrogens (tertiary/aromatic N) is 2. The predicted octanol–water partition coefficient (Wildman–Crippen LogP) is -0.748. The quantitative estimate of drug-likeness (QED) is 0.633. The lowest BCUT2D eigenvalue weighted by atomic mass is 10.5. The van der Waals surface area contributed by atoms with Gasteiger partial charge in [-0.15, -0.1) is 0 Å². The zero-order chi connectivity index (χ0) is 9.68. The van der Waals surface area contributed by atoms with Gasteiger partial charge in [0.25, 0.3) is 0 Å². The summed E-state index contributed by atoms with van der Waals surface area (Å²) in [6, 6.07) is -0.165. The number of ether oxygens (including phenoxy) is 2. The summed E-state index contributed by atoms with van der Waals surface area (Å²) in [7, 11) is 1.51. The molecule has 76 valence electrons. The molecule has 0 aromatic carbocycles. The van der Waals surface area contributed by atoms with Crippen molar-refractivity contribution in [3.63, 3.8) is 0 Å². The fourth-order valence-electron chi connectivity index (χ4n) is 1.10. The van der Waals surface area contributed by atoms with Crippen molar-refractivity contribution in [1.82, 2.24) is 9.80 Å². The first-order valence-corrected chi connectivity index (χ1v) is 4.01. The van der Waals surface area contributed by atoms with Crippen LogP contribution in [0.15, 0.2) is 0 Å². The zero-order valence-electron chi connectivity index (χ0n) is 7.60. The summed E-state index contributed by atoms with van der Waals surface area (Å²) in [6.07, 6.45) is 0. The predicted molar refractivity (Wildman–Crippen MR) is 43.7 cm³/mol. The Balaban J connectivity index is 2.45. The van der Waals surface area contributed by atoms with E-state index in [0.29, 0.717) is 6.54 Å².